The van der Waals surface area contributed by atoms with E-state index in [0.717, 1.165) is 22.9 Å². The van der Waals surface area contributed by atoms with Crippen molar-refractivity contribution in [2.75, 3.05) is 11.1 Å². The quantitative estimate of drug-likeness (QED) is 0.641. The number of hydrogen-bond acceptors (Lipinski definition) is 7. The number of carbonyl (C=O) groups excluding carboxylic acids is 1. The lowest BCUT2D eigenvalue weighted by atomic mass is 9.98. The van der Waals surface area contributed by atoms with E-state index in [-0.39, 0.29) is 17.6 Å². The molecule has 0 bridgehead atoms. The number of rotatable bonds is 8. The lowest BCUT2D eigenvalue weighted by Crippen LogP contribution is -2.47. The van der Waals surface area contributed by atoms with Gasteiger partial charge in [0, 0.05) is 5.69 Å². The van der Waals surface area contributed by atoms with Crippen LogP contribution in [0.25, 0.3) is 0 Å². The smallest absolute Gasteiger partial charge is 0.231 e. The van der Waals surface area contributed by atoms with Gasteiger partial charge in [-0.1, -0.05) is 49.1 Å². The number of thioether (sulfide) groups is 1. The maximum atomic E-state index is 12.2. The van der Waals surface area contributed by atoms with Gasteiger partial charge in [-0.2, -0.15) is 5.26 Å². The second-order valence-electron chi connectivity index (χ2n) is 7.20. The number of nitrogens with zero attached hydrogens (tertiary/aromatic N) is 3. The van der Waals surface area contributed by atoms with Gasteiger partial charge in [0.2, 0.25) is 11.0 Å². The van der Waals surface area contributed by atoms with Crippen molar-refractivity contribution in [3.8, 4) is 6.07 Å². The summed E-state index contributed by atoms with van der Waals surface area (Å²) in [6, 6.07) is 10.5. The van der Waals surface area contributed by atoms with Crippen LogP contribution in [0.1, 0.15) is 45.1 Å². The minimum absolute atomic E-state index is 0.148. The summed E-state index contributed by atoms with van der Waals surface area (Å²) in [6.45, 7) is 6.12. The Morgan fingerprint density at radius 2 is 2.07 bits per heavy atom. The Balaban J connectivity index is 1.50. The zero-order chi connectivity index (χ0) is 19.4. The number of benzene rings is 1. The van der Waals surface area contributed by atoms with Gasteiger partial charge in [-0.15, -0.1) is 10.2 Å². The van der Waals surface area contributed by atoms with Gasteiger partial charge in [-0.05, 0) is 49.3 Å². The van der Waals surface area contributed by atoms with Crippen LogP contribution < -0.4 is 10.6 Å². The standard InChI is InChI=1S/C19H23N5OS2/c1-12(2)13-4-8-15(9-5-13)21-17-23-24-18(27-17)26-10-16(25)22-19(3,11-20)14-6-7-14/h4-5,8-9,12,14H,6-7,10H2,1-3H3,(H,21,23)(H,22,25)/t19-/m1/s1. The SMILES string of the molecule is CC(C)c1ccc(Nc2nnc(SCC(=O)N[C@](C)(C#N)C3CC3)s2)cc1. The zero-order valence-corrected chi connectivity index (χ0v) is 17.3. The maximum Gasteiger partial charge on any atom is 0.231 e. The average Bonchev–Trinajstić information content (AvgIpc) is 3.42. The molecule has 0 spiro atoms. The van der Waals surface area contributed by atoms with Gasteiger partial charge < -0.3 is 10.6 Å². The van der Waals surface area contributed by atoms with E-state index < -0.39 is 5.54 Å². The molecule has 27 heavy (non-hydrogen) atoms. The fourth-order valence-electron chi connectivity index (χ4n) is 2.73. The molecule has 1 fully saturated rings. The van der Waals surface area contributed by atoms with E-state index in [0.29, 0.717) is 11.0 Å². The Morgan fingerprint density at radius 1 is 1.37 bits per heavy atom. The first kappa shape index (κ1) is 19.6. The average molecular weight is 402 g/mol. The summed E-state index contributed by atoms with van der Waals surface area (Å²) in [4.78, 5) is 12.2. The molecule has 1 atom stereocenters. The molecule has 3 rings (SSSR count). The predicted molar refractivity (Wildman–Crippen MR) is 109 cm³/mol. The summed E-state index contributed by atoms with van der Waals surface area (Å²) >= 11 is 2.74. The number of carbonyl (C=O) groups is 1. The molecule has 6 nitrogen and oxygen atoms in total. The normalized spacial score (nSPS) is 15.8. The van der Waals surface area contributed by atoms with Crippen LogP contribution in [0.15, 0.2) is 28.6 Å². The van der Waals surface area contributed by atoms with Crippen molar-refractivity contribution < 1.29 is 4.79 Å². The number of hydrogen-bond donors (Lipinski definition) is 2. The van der Waals surface area contributed by atoms with Crippen molar-refractivity contribution in [2.45, 2.75) is 49.4 Å². The molecular formula is C19H23N5OS2. The second-order valence-corrected chi connectivity index (χ2v) is 9.40. The summed E-state index contributed by atoms with van der Waals surface area (Å²) in [5.74, 6) is 0.847. The first-order chi connectivity index (χ1) is 12.9. The first-order valence-corrected chi connectivity index (χ1v) is 10.8. The van der Waals surface area contributed by atoms with Gasteiger partial charge in [0.15, 0.2) is 4.34 Å². The van der Waals surface area contributed by atoms with Gasteiger partial charge in [-0.3, -0.25) is 4.79 Å². The van der Waals surface area contributed by atoms with Gasteiger partial charge >= 0.3 is 0 Å². The highest BCUT2D eigenvalue weighted by Crippen LogP contribution is 2.39. The molecule has 1 aliphatic carbocycles. The van der Waals surface area contributed by atoms with Gasteiger partial charge in [0.05, 0.1) is 11.8 Å². The Bertz CT molecular complexity index is 839. The molecule has 1 heterocycles. The fraction of sp³-hybridized carbons (Fsp3) is 0.474. The Hall–Kier alpha value is -2.11. The Kier molecular flexibility index (Phi) is 6.02. The highest BCUT2D eigenvalue weighted by Gasteiger charge is 2.42. The van der Waals surface area contributed by atoms with Crippen LogP contribution in [-0.2, 0) is 4.79 Å². The monoisotopic (exact) mass is 401 g/mol. The van der Waals surface area contributed by atoms with Gasteiger partial charge in [0.25, 0.3) is 0 Å². The third-order valence-corrected chi connectivity index (χ3v) is 6.56. The molecule has 1 saturated carbocycles. The van der Waals surface area contributed by atoms with E-state index in [4.69, 9.17) is 0 Å². The third-order valence-electron chi connectivity index (χ3n) is 4.59. The fourth-order valence-corrected chi connectivity index (χ4v) is 4.30. The van der Waals surface area contributed by atoms with Crippen LogP contribution in [0.3, 0.4) is 0 Å². The molecule has 142 valence electrons. The molecule has 0 radical (unpaired) electrons. The van der Waals surface area contributed by atoms with Crippen LogP contribution in [-0.4, -0.2) is 27.4 Å². The van der Waals surface area contributed by atoms with E-state index in [1.165, 1.54) is 28.7 Å². The van der Waals surface area contributed by atoms with Gasteiger partial charge in [-0.25, -0.2) is 0 Å². The molecular weight excluding hydrogens is 378 g/mol. The van der Waals surface area contributed by atoms with E-state index in [9.17, 15) is 10.1 Å². The van der Waals surface area contributed by atoms with E-state index >= 15 is 0 Å². The molecule has 2 N–H and O–H groups in total. The van der Waals surface area contributed by atoms with Crippen LogP contribution in [0.5, 0.6) is 0 Å². The lowest BCUT2D eigenvalue weighted by molar-refractivity contribution is -0.119. The molecule has 0 unspecified atom stereocenters. The summed E-state index contributed by atoms with van der Waals surface area (Å²) in [5.41, 5.74) is 1.49. The lowest BCUT2D eigenvalue weighted by Gasteiger charge is -2.22. The zero-order valence-electron chi connectivity index (χ0n) is 15.7. The number of anilines is 2. The predicted octanol–water partition coefficient (Wildman–Crippen LogP) is 4.31. The Morgan fingerprint density at radius 3 is 2.67 bits per heavy atom. The van der Waals surface area contributed by atoms with E-state index in [1.54, 1.807) is 6.92 Å². The van der Waals surface area contributed by atoms with Crippen molar-refractivity contribution >= 4 is 39.8 Å². The molecule has 1 aromatic carbocycles. The molecule has 2 aromatic rings. The highest BCUT2D eigenvalue weighted by molar-refractivity contribution is 8.01. The summed E-state index contributed by atoms with van der Waals surface area (Å²) in [7, 11) is 0. The summed E-state index contributed by atoms with van der Waals surface area (Å²) < 4.78 is 0.719. The van der Waals surface area contributed by atoms with E-state index in [1.807, 2.05) is 12.1 Å². The van der Waals surface area contributed by atoms with Crippen LogP contribution in [0, 0.1) is 17.2 Å². The minimum Gasteiger partial charge on any atom is -0.337 e. The van der Waals surface area contributed by atoms with Crippen molar-refractivity contribution in [1.29, 1.82) is 5.26 Å². The molecule has 1 aromatic heterocycles. The molecule has 1 amide bonds. The second kappa shape index (κ2) is 8.28. The topological polar surface area (TPSA) is 90.7 Å². The number of aromatic nitrogens is 2. The van der Waals surface area contributed by atoms with Crippen molar-refractivity contribution in [2.24, 2.45) is 5.92 Å². The highest BCUT2D eigenvalue weighted by atomic mass is 32.2. The molecule has 0 aliphatic heterocycles. The van der Waals surface area contributed by atoms with Crippen molar-refractivity contribution in [3.05, 3.63) is 29.8 Å². The number of nitrogens with one attached hydrogen (secondary N) is 2. The van der Waals surface area contributed by atoms with Crippen molar-refractivity contribution in [1.82, 2.24) is 15.5 Å². The van der Waals surface area contributed by atoms with E-state index in [2.05, 4.69) is 52.9 Å². The van der Waals surface area contributed by atoms with Crippen LogP contribution >= 0.6 is 23.1 Å². The van der Waals surface area contributed by atoms with Crippen LogP contribution in [0.4, 0.5) is 10.8 Å². The van der Waals surface area contributed by atoms with Crippen molar-refractivity contribution in [3.63, 3.8) is 0 Å². The van der Waals surface area contributed by atoms with Crippen LogP contribution in [0.2, 0.25) is 0 Å². The van der Waals surface area contributed by atoms with Gasteiger partial charge in [0.1, 0.15) is 5.54 Å². The largest absolute Gasteiger partial charge is 0.337 e. The number of amides is 1. The summed E-state index contributed by atoms with van der Waals surface area (Å²) in [6.07, 6.45) is 2.00. The minimum atomic E-state index is -0.756. The molecule has 1 aliphatic rings. The third kappa shape index (κ3) is 5.21. The molecule has 0 saturated heterocycles. The first-order valence-electron chi connectivity index (χ1n) is 8.95. The maximum absolute atomic E-state index is 12.2. The number of nitriles is 1. The summed E-state index contributed by atoms with van der Waals surface area (Å²) in [5, 5.41) is 24.3. The molecule has 8 heteroatoms. The Labute approximate surface area is 167 Å².